The van der Waals surface area contributed by atoms with E-state index in [4.69, 9.17) is 0 Å². The van der Waals surface area contributed by atoms with E-state index in [1.54, 1.807) is 0 Å². The summed E-state index contributed by atoms with van der Waals surface area (Å²) >= 11 is 3.50. The summed E-state index contributed by atoms with van der Waals surface area (Å²) in [4.78, 5) is 2.11. The number of halogens is 1. The van der Waals surface area contributed by atoms with Crippen molar-refractivity contribution in [2.75, 3.05) is 30.0 Å². The number of benzene rings is 1. The van der Waals surface area contributed by atoms with Gasteiger partial charge in [-0.25, -0.2) is 8.42 Å². The average Bonchev–Trinajstić information content (AvgIpc) is 2.76. The Morgan fingerprint density at radius 1 is 1.45 bits per heavy atom. The van der Waals surface area contributed by atoms with E-state index < -0.39 is 9.84 Å². The number of hydrogen-bond acceptors (Lipinski definition) is 4. The second-order valence-electron chi connectivity index (χ2n) is 5.22. The first kappa shape index (κ1) is 15.8. The van der Waals surface area contributed by atoms with Crippen LogP contribution in [-0.2, 0) is 16.4 Å². The maximum Gasteiger partial charge on any atom is 0.152 e. The largest absolute Gasteiger partial charge is 0.370 e. The molecule has 1 fully saturated rings. The highest BCUT2D eigenvalue weighted by atomic mass is 79.9. The van der Waals surface area contributed by atoms with Gasteiger partial charge in [-0.2, -0.15) is 0 Å². The minimum Gasteiger partial charge on any atom is -0.370 e. The summed E-state index contributed by atoms with van der Waals surface area (Å²) in [5, 5.41) is 3.33. The average molecular weight is 361 g/mol. The van der Waals surface area contributed by atoms with Crippen LogP contribution in [-0.4, -0.2) is 39.6 Å². The van der Waals surface area contributed by atoms with Crippen molar-refractivity contribution in [2.45, 2.75) is 25.9 Å². The Kier molecular flexibility index (Phi) is 5.09. The van der Waals surface area contributed by atoms with Gasteiger partial charge in [-0.1, -0.05) is 22.9 Å². The number of nitrogens with one attached hydrogen (secondary N) is 1. The highest BCUT2D eigenvalue weighted by Gasteiger charge is 2.31. The Labute approximate surface area is 129 Å². The summed E-state index contributed by atoms with van der Waals surface area (Å²) in [5.41, 5.74) is 2.30. The van der Waals surface area contributed by atoms with Gasteiger partial charge in [0.1, 0.15) is 0 Å². The molecule has 0 bridgehead atoms. The van der Waals surface area contributed by atoms with Crippen LogP contribution >= 0.6 is 15.9 Å². The predicted octanol–water partition coefficient (Wildman–Crippen LogP) is 2.18. The highest BCUT2D eigenvalue weighted by Crippen LogP contribution is 2.28. The molecule has 6 heteroatoms. The number of rotatable bonds is 5. The highest BCUT2D eigenvalue weighted by molar-refractivity contribution is 9.10. The van der Waals surface area contributed by atoms with Gasteiger partial charge in [0.2, 0.25) is 0 Å². The van der Waals surface area contributed by atoms with E-state index in [9.17, 15) is 8.42 Å². The zero-order chi connectivity index (χ0) is 14.8. The molecule has 0 aliphatic carbocycles. The quantitative estimate of drug-likeness (QED) is 0.874. The van der Waals surface area contributed by atoms with Crippen LogP contribution in [0.25, 0.3) is 0 Å². The SMILES string of the molecule is CCNCc1cc(Br)ccc1N(C)C1CCS(=O)(=O)C1. The smallest absolute Gasteiger partial charge is 0.152 e. The van der Waals surface area contributed by atoms with Crippen LogP contribution in [0.2, 0.25) is 0 Å². The summed E-state index contributed by atoms with van der Waals surface area (Å²) in [5.74, 6) is 0.571. The molecule has 0 saturated carbocycles. The van der Waals surface area contributed by atoms with Crippen molar-refractivity contribution in [2.24, 2.45) is 0 Å². The lowest BCUT2D eigenvalue weighted by Crippen LogP contribution is -2.33. The molecule has 1 aromatic carbocycles. The van der Waals surface area contributed by atoms with Gasteiger partial charge in [0, 0.05) is 29.8 Å². The summed E-state index contributed by atoms with van der Waals surface area (Å²) < 4.78 is 24.3. The lowest BCUT2D eigenvalue weighted by atomic mass is 10.1. The van der Waals surface area contributed by atoms with Crippen molar-refractivity contribution in [1.29, 1.82) is 0 Å². The Bertz CT molecular complexity index is 575. The molecule has 20 heavy (non-hydrogen) atoms. The number of sulfone groups is 1. The van der Waals surface area contributed by atoms with Crippen LogP contribution in [0.1, 0.15) is 18.9 Å². The summed E-state index contributed by atoms with van der Waals surface area (Å²) in [6.07, 6.45) is 0.718. The van der Waals surface area contributed by atoms with Crippen molar-refractivity contribution in [3.05, 3.63) is 28.2 Å². The lowest BCUT2D eigenvalue weighted by molar-refractivity contribution is 0.600. The third-order valence-electron chi connectivity index (χ3n) is 3.74. The fraction of sp³-hybridized carbons (Fsp3) is 0.571. The molecule has 0 aromatic heterocycles. The topological polar surface area (TPSA) is 49.4 Å². The molecule has 112 valence electrons. The Morgan fingerprint density at radius 2 is 2.20 bits per heavy atom. The third kappa shape index (κ3) is 3.74. The predicted molar refractivity (Wildman–Crippen MR) is 87.0 cm³/mol. The van der Waals surface area contributed by atoms with Crippen molar-refractivity contribution in [3.8, 4) is 0 Å². The number of anilines is 1. The second kappa shape index (κ2) is 6.45. The first-order valence-corrected chi connectivity index (χ1v) is 9.47. The first-order chi connectivity index (χ1) is 9.43. The minimum absolute atomic E-state index is 0.0848. The molecular formula is C14H21BrN2O2S. The molecule has 2 rings (SSSR count). The molecule has 1 aliphatic rings. The number of nitrogens with zero attached hydrogens (tertiary/aromatic N) is 1. The maximum absolute atomic E-state index is 11.6. The second-order valence-corrected chi connectivity index (χ2v) is 8.37. The van der Waals surface area contributed by atoms with Gasteiger partial charge < -0.3 is 10.2 Å². The Morgan fingerprint density at radius 3 is 2.80 bits per heavy atom. The number of hydrogen-bond donors (Lipinski definition) is 1. The minimum atomic E-state index is -2.85. The van der Waals surface area contributed by atoms with Gasteiger partial charge in [-0.15, -0.1) is 0 Å². The summed E-state index contributed by atoms with van der Waals surface area (Å²) in [7, 11) is -0.863. The zero-order valence-corrected chi connectivity index (χ0v) is 14.3. The van der Waals surface area contributed by atoms with Gasteiger partial charge in [0.05, 0.1) is 11.5 Å². The summed E-state index contributed by atoms with van der Waals surface area (Å²) in [6.45, 7) is 3.77. The van der Waals surface area contributed by atoms with Crippen LogP contribution in [0.15, 0.2) is 22.7 Å². The maximum atomic E-state index is 11.6. The molecule has 1 unspecified atom stereocenters. The van der Waals surface area contributed by atoms with E-state index in [2.05, 4.69) is 45.2 Å². The molecule has 0 amide bonds. The first-order valence-electron chi connectivity index (χ1n) is 6.85. The van der Waals surface area contributed by atoms with E-state index in [0.29, 0.717) is 5.75 Å². The van der Waals surface area contributed by atoms with Crippen LogP contribution in [0.3, 0.4) is 0 Å². The van der Waals surface area contributed by atoms with Gasteiger partial charge in [0.15, 0.2) is 9.84 Å². The van der Waals surface area contributed by atoms with Gasteiger partial charge in [0.25, 0.3) is 0 Å². The molecule has 4 nitrogen and oxygen atoms in total. The molecular weight excluding hydrogens is 340 g/mol. The standard InChI is InChI=1S/C14H21BrN2O2S/c1-3-16-9-11-8-12(15)4-5-14(11)17(2)13-6-7-20(18,19)10-13/h4-5,8,13,16H,3,6-7,9-10H2,1-2H3. The molecule has 1 saturated heterocycles. The van der Waals surface area contributed by atoms with Crippen LogP contribution in [0.4, 0.5) is 5.69 Å². The van der Waals surface area contributed by atoms with Crippen LogP contribution in [0.5, 0.6) is 0 Å². The van der Waals surface area contributed by atoms with E-state index in [1.807, 2.05) is 13.1 Å². The van der Waals surface area contributed by atoms with E-state index in [-0.39, 0.29) is 11.8 Å². The molecule has 0 radical (unpaired) electrons. The fourth-order valence-corrected chi connectivity index (χ4v) is 4.76. The molecule has 1 atom stereocenters. The van der Waals surface area contributed by atoms with Gasteiger partial charge in [-0.05, 0) is 36.7 Å². The molecule has 1 N–H and O–H groups in total. The van der Waals surface area contributed by atoms with Gasteiger partial charge in [-0.3, -0.25) is 0 Å². The van der Waals surface area contributed by atoms with Crippen molar-refractivity contribution in [1.82, 2.24) is 5.32 Å². The van der Waals surface area contributed by atoms with Crippen molar-refractivity contribution >= 4 is 31.5 Å². The van der Waals surface area contributed by atoms with Crippen LogP contribution in [0, 0.1) is 0 Å². The van der Waals surface area contributed by atoms with E-state index in [0.717, 1.165) is 29.7 Å². The Hall–Kier alpha value is -0.590. The van der Waals surface area contributed by atoms with Gasteiger partial charge >= 0.3 is 0 Å². The Balaban J connectivity index is 2.22. The molecule has 1 aromatic rings. The zero-order valence-electron chi connectivity index (χ0n) is 11.9. The molecule has 1 heterocycles. The van der Waals surface area contributed by atoms with E-state index >= 15 is 0 Å². The van der Waals surface area contributed by atoms with Crippen molar-refractivity contribution in [3.63, 3.8) is 0 Å². The molecule has 1 aliphatic heterocycles. The summed E-state index contributed by atoms with van der Waals surface area (Å²) in [6, 6.07) is 6.24. The fourth-order valence-electron chi connectivity index (χ4n) is 2.58. The molecule has 0 spiro atoms. The lowest BCUT2D eigenvalue weighted by Gasteiger charge is -2.28. The van der Waals surface area contributed by atoms with E-state index in [1.165, 1.54) is 5.56 Å². The van der Waals surface area contributed by atoms with Crippen molar-refractivity contribution < 1.29 is 8.42 Å². The third-order valence-corrected chi connectivity index (χ3v) is 5.99. The van der Waals surface area contributed by atoms with Crippen LogP contribution < -0.4 is 10.2 Å². The normalized spacial score (nSPS) is 21.1. The monoisotopic (exact) mass is 360 g/mol.